The van der Waals surface area contributed by atoms with Gasteiger partial charge in [0.25, 0.3) is 5.91 Å². The maximum atomic E-state index is 11.3. The Labute approximate surface area is 80.9 Å². The first kappa shape index (κ1) is 10.5. The lowest BCUT2D eigenvalue weighted by Gasteiger charge is -2.05. The molecule has 1 aliphatic heterocycles. The molecule has 0 aliphatic carbocycles. The topological polar surface area (TPSA) is 87.7 Å². The molecule has 0 spiro atoms. The van der Waals surface area contributed by atoms with Crippen LogP contribution in [-0.2, 0) is 14.3 Å². The molecule has 14 heavy (non-hydrogen) atoms. The van der Waals surface area contributed by atoms with Gasteiger partial charge in [-0.05, 0) is 0 Å². The van der Waals surface area contributed by atoms with Crippen LogP contribution in [0.15, 0.2) is 11.8 Å². The molecular weight excluding hydrogens is 188 g/mol. The van der Waals surface area contributed by atoms with Crippen LogP contribution in [0.5, 0.6) is 0 Å². The second-order valence-electron chi connectivity index (χ2n) is 2.83. The Hall–Kier alpha value is -1.56. The molecule has 1 saturated heterocycles. The summed E-state index contributed by atoms with van der Waals surface area (Å²) >= 11 is 0. The number of carbonyl (C=O) groups excluding carboxylic acids is 2. The molecule has 6 heteroatoms. The molecule has 1 fully saturated rings. The van der Waals surface area contributed by atoms with E-state index in [1.807, 2.05) is 0 Å². The molecule has 1 heterocycles. The van der Waals surface area contributed by atoms with Crippen molar-refractivity contribution in [2.45, 2.75) is 6.10 Å². The predicted octanol–water partition coefficient (Wildman–Crippen LogP) is -1.88. The average Bonchev–Trinajstić information content (AvgIpc) is 2.33. The summed E-state index contributed by atoms with van der Waals surface area (Å²) in [4.78, 5) is 22.1. The third kappa shape index (κ3) is 2.74. The van der Waals surface area contributed by atoms with Crippen LogP contribution >= 0.6 is 0 Å². The number of hydrogen-bond acceptors (Lipinski definition) is 5. The number of amides is 1. The van der Waals surface area contributed by atoms with E-state index in [-0.39, 0.29) is 18.8 Å². The number of nitrogens with one attached hydrogen (secondary N) is 2. The summed E-state index contributed by atoms with van der Waals surface area (Å²) in [6, 6.07) is 0. The van der Waals surface area contributed by atoms with E-state index in [9.17, 15) is 14.7 Å². The summed E-state index contributed by atoms with van der Waals surface area (Å²) in [7, 11) is 1.23. The van der Waals surface area contributed by atoms with Gasteiger partial charge >= 0.3 is 5.97 Å². The number of carbonyl (C=O) groups is 2. The van der Waals surface area contributed by atoms with E-state index in [1.54, 1.807) is 0 Å². The fraction of sp³-hybridized carbons (Fsp3) is 0.500. The molecule has 0 saturated carbocycles. The lowest BCUT2D eigenvalue weighted by molar-refractivity contribution is -0.135. The molecule has 0 aromatic heterocycles. The highest BCUT2D eigenvalue weighted by Gasteiger charge is 2.18. The van der Waals surface area contributed by atoms with Crippen LogP contribution in [0.4, 0.5) is 0 Å². The van der Waals surface area contributed by atoms with Crippen LogP contribution in [-0.4, -0.2) is 43.3 Å². The first-order chi connectivity index (χ1) is 6.63. The molecule has 1 amide bonds. The monoisotopic (exact) mass is 200 g/mol. The highest BCUT2D eigenvalue weighted by atomic mass is 16.5. The summed E-state index contributed by atoms with van der Waals surface area (Å²) in [5.41, 5.74) is 0.105. The maximum Gasteiger partial charge on any atom is 0.332 e. The van der Waals surface area contributed by atoms with Crippen molar-refractivity contribution in [2.75, 3.05) is 20.2 Å². The number of methoxy groups -OCH3 is 1. The Kier molecular flexibility index (Phi) is 3.47. The van der Waals surface area contributed by atoms with Gasteiger partial charge in [-0.25, -0.2) is 4.79 Å². The normalized spacial score (nSPS) is 24.9. The lowest BCUT2D eigenvalue weighted by Crippen LogP contribution is -2.30. The van der Waals surface area contributed by atoms with Gasteiger partial charge in [0, 0.05) is 13.1 Å². The standard InChI is InChI=1S/C8H12N2O4/c1-14-7(12)2-6-8(13)10-4-5(11)3-9-6/h2,5,9,11H,3-4H2,1H3,(H,10,13)/b6-2+/t5-/m1/s1. The summed E-state index contributed by atoms with van der Waals surface area (Å²) in [6.45, 7) is 0.395. The van der Waals surface area contributed by atoms with Gasteiger partial charge in [0.1, 0.15) is 5.70 Å². The molecule has 0 unspecified atom stereocenters. The second-order valence-corrected chi connectivity index (χ2v) is 2.83. The van der Waals surface area contributed by atoms with E-state index in [0.717, 1.165) is 6.08 Å². The first-order valence-electron chi connectivity index (χ1n) is 4.13. The zero-order chi connectivity index (χ0) is 10.6. The van der Waals surface area contributed by atoms with Gasteiger partial charge in [0.05, 0.1) is 19.3 Å². The van der Waals surface area contributed by atoms with Gasteiger partial charge in [-0.3, -0.25) is 4.79 Å². The van der Waals surface area contributed by atoms with E-state index in [0.29, 0.717) is 0 Å². The number of aliphatic hydroxyl groups excluding tert-OH is 1. The van der Waals surface area contributed by atoms with Crippen molar-refractivity contribution in [2.24, 2.45) is 0 Å². The Morgan fingerprint density at radius 1 is 1.57 bits per heavy atom. The lowest BCUT2D eigenvalue weighted by atomic mass is 10.3. The third-order valence-corrected chi connectivity index (χ3v) is 1.73. The molecule has 78 valence electrons. The fourth-order valence-corrected chi connectivity index (χ4v) is 0.979. The smallest absolute Gasteiger partial charge is 0.332 e. The van der Waals surface area contributed by atoms with Gasteiger partial charge in [0.2, 0.25) is 0 Å². The molecule has 3 N–H and O–H groups in total. The summed E-state index contributed by atoms with van der Waals surface area (Å²) in [6.07, 6.45) is 0.399. The molecule has 0 bridgehead atoms. The zero-order valence-corrected chi connectivity index (χ0v) is 7.74. The van der Waals surface area contributed by atoms with Gasteiger partial charge in [-0.2, -0.15) is 0 Å². The summed E-state index contributed by atoms with van der Waals surface area (Å²) in [5.74, 6) is -1.04. The minimum atomic E-state index is -0.650. The number of aliphatic hydroxyl groups is 1. The van der Waals surface area contributed by atoms with Crippen LogP contribution in [0, 0.1) is 0 Å². The van der Waals surface area contributed by atoms with Crippen LogP contribution in [0.1, 0.15) is 0 Å². The number of β-amino-alcohol motifs (C(OH)–C–C–N with tert-alkyl or cyclic N) is 1. The summed E-state index contributed by atoms with van der Waals surface area (Å²) < 4.78 is 4.37. The Morgan fingerprint density at radius 3 is 2.86 bits per heavy atom. The molecule has 0 aromatic rings. The van der Waals surface area contributed by atoms with Crippen molar-refractivity contribution < 1.29 is 19.4 Å². The largest absolute Gasteiger partial charge is 0.466 e. The number of esters is 1. The van der Waals surface area contributed by atoms with Gasteiger partial charge < -0.3 is 20.5 Å². The number of hydrogen-bond donors (Lipinski definition) is 3. The highest BCUT2D eigenvalue weighted by molar-refractivity contribution is 5.99. The van der Waals surface area contributed by atoms with E-state index >= 15 is 0 Å². The molecular formula is C8H12N2O4. The summed E-state index contributed by atoms with van der Waals surface area (Å²) in [5, 5.41) is 14.3. The minimum absolute atomic E-state index is 0.105. The molecule has 6 nitrogen and oxygen atoms in total. The average molecular weight is 200 g/mol. The fourth-order valence-electron chi connectivity index (χ4n) is 0.979. The zero-order valence-electron chi connectivity index (χ0n) is 7.74. The van der Waals surface area contributed by atoms with Crippen molar-refractivity contribution >= 4 is 11.9 Å². The quantitative estimate of drug-likeness (QED) is 0.341. The van der Waals surface area contributed by atoms with Gasteiger partial charge in [-0.15, -0.1) is 0 Å². The third-order valence-electron chi connectivity index (χ3n) is 1.73. The van der Waals surface area contributed by atoms with Crippen LogP contribution in [0.25, 0.3) is 0 Å². The van der Waals surface area contributed by atoms with E-state index in [2.05, 4.69) is 15.4 Å². The maximum absolute atomic E-state index is 11.3. The SMILES string of the molecule is COC(=O)/C=C1/NC[C@@H](O)CNC1=O. The molecule has 0 radical (unpaired) electrons. The van der Waals surface area contributed by atoms with Crippen molar-refractivity contribution in [3.63, 3.8) is 0 Å². The van der Waals surface area contributed by atoms with Crippen molar-refractivity contribution in [1.82, 2.24) is 10.6 Å². The minimum Gasteiger partial charge on any atom is -0.466 e. The molecule has 0 aromatic carbocycles. The number of rotatable bonds is 1. The predicted molar refractivity (Wildman–Crippen MR) is 47.1 cm³/mol. The van der Waals surface area contributed by atoms with Crippen LogP contribution in [0.3, 0.4) is 0 Å². The first-order valence-corrected chi connectivity index (χ1v) is 4.13. The van der Waals surface area contributed by atoms with Crippen molar-refractivity contribution in [3.8, 4) is 0 Å². The Balaban J connectivity index is 2.71. The Bertz CT molecular complexity index is 275. The van der Waals surface area contributed by atoms with Crippen molar-refractivity contribution in [3.05, 3.63) is 11.8 Å². The molecule has 1 rings (SSSR count). The van der Waals surface area contributed by atoms with Gasteiger partial charge in [0.15, 0.2) is 0 Å². The van der Waals surface area contributed by atoms with E-state index in [1.165, 1.54) is 7.11 Å². The highest BCUT2D eigenvalue weighted by Crippen LogP contribution is 1.96. The van der Waals surface area contributed by atoms with Crippen LogP contribution < -0.4 is 10.6 Å². The number of ether oxygens (including phenoxy) is 1. The second kappa shape index (κ2) is 4.61. The van der Waals surface area contributed by atoms with E-state index in [4.69, 9.17) is 0 Å². The van der Waals surface area contributed by atoms with E-state index < -0.39 is 18.0 Å². The molecule has 1 aliphatic rings. The molecule has 1 atom stereocenters. The van der Waals surface area contributed by atoms with Gasteiger partial charge in [-0.1, -0.05) is 0 Å². The van der Waals surface area contributed by atoms with Crippen LogP contribution in [0.2, 0.25) is 0 Å². The van der Waals surface area contributed by atoms with Crippen molar-refractivity contribution in [1.29, 1.82) is 0 Å². The Morgan fingerprint density at radius 2 is 2.21 bits per heavy atom.